The Morgan fingerprint density at radius 2 is 2.13 bits per heavy atom. The molecule has 1 saturated heterocycles. The summed E-state index contributed by atoms with van der Waals surface area (Å²) in [5.41, 5.74) is 0.853. The second-order valence-corrected chi connectivity index (χ2v) is 6.10. The van der Waals surface area contributed by atoms with Gasteiger partial charge in [-0.2, -0.15) is 0 Å². The SMILES string of the molecule is CCCOc1ccc(F)cc1C(C)CCC(=O)N1CCNCC1. The third kappa shape index (κ3) is 5.20. The molecule has 4 nitrogen and oxygen atoms in total. The largest absolute Gasteiger partial charge is 0.493 e. The molecule has 0 aromatic heterocycles. The maximum absolute atomic E-state index is 13.6. The second kappa shape index (κ2) is 8.87. The van der Waals surface area contributed by atoms with Crippen LogP contribution in [0.2, 0.25) is 0 Å². The third-order valence-electron chi connectivity index (χ3n) is 4.23. The van der Waals surface area contributed by atoms with Crippen LogP contribution in [-0.4, -0.2) is 43.6 Å². The summed E-state index contributed by atoms with van der Waals surface area (Å²) in [6.07, 6.45) is 2.10. The standard InChI is InChI=1S/C18H27FN2O2/c1-3-12-23-17-6-5-15(19)13-16(17)14(2)4-7-18(22)21-10-8-20-9-11-21/h5-6,13-14,20H,3-4,7-12H2,1-2H3. The Morgan fingerprint density at radius 3 is 2.83 bits per heavy atom. The predicted molar refractivity (Wildman–Crippen MR) is 89.3 cm³/mol. The average Bonchev–Trinajstić information content (AvgIpc) is 2.59. The molecule has 5 heteroatoms. The summed E-state index contributed by atoms with van der Waals surface area (Å²) >= 11 is 0. The lowest BCUT2D eigenvalue weighted by Gasteiger charge is -2.28. The normalized spacial score (nSPS) is 16.2. The van der Waals surface area contributed by atoms with Crippen LogP contribution in [0.25, 0.3) is 0 Å². The van der Waals surface area contributed by atoms with Crippen molar-refractivity contribution >= 4 is 5.91 Å². The molecule has 1 aromatic carbocycles. The highest BCUT2D eigenvalue weighted by Crippen LogP contribution is 2.30. The Hall–Kier alpha value is -1.62. The van der Waals surface area contributed by atoms with Crippen molar-refractivity contribution < 1.29 is 13.9 Å². The van der Waals surface area contributed by atoms with Crippen LogP contribution in [0.5, 0.6) is 5.75 Å². The first kappa shape index (κ1) is 17.7. The van der Waals surface area contributed by atoms with E-state index in [9.17, 15) is 9.18 Å². The minimum Gasteiger partial charge on any atom is -0.493 e. The number of halogens is 1. The van der Waals surface area contributed by atoms with Gasteiger partial charge in [-0.1, -0.05) is 13.8 Å². The zero-order valence-electron chi connectivity index (χ0n) is 14.1. The summed E-state index contributed by atoms with van der Waals surface area (Å²) < 4.78 is 19.3. The van der Waals surface area contributed by atoms with Gasteiger partial charge in [-0.15, -0.1) is 0 Å². The number of ether oxygens (including phenoxy) is 1. The minimum absolute atomic E-state index is 0.0874. The van der Waals surface area contributed by atoms with Crippen molar-refractivity contribution in [2.75, 3.05) is 32.8 Å². The zero-order valence-corrected chi connectivity index (χ0v) is 14.1. The van der Waals surface area contributed by atoms with Gasteiger partial charge >= 0.3 is 0 Å². The molecule has 1 fully saturated rings. The van der Waals surface area contributed by atoms with E-state index in [0.29, 0.717) is 19.4 Å². The Morgan fingerprint density at radius 1 is 1.39 bits per heavy atom. The molecule has 1 aliphatic heterocycles. The lowest BCUT2D eigenvalue weighted by molar-refractivity contribution is -0.131. The number of rotatable bonds is 7. The van der Waals surface area contributed by atoms with Crippen LogP contribution in [0.1, 0.15) is 44.6 Å². The number of nitrogens with zero attached hydrogens (tertiary/aromatic N) is 1. The molecule has 1 aromatic rings. The van der Waals surface area contributed by atoms with E-state index in [1.54, 1.807) is 6.07 Å². The fourth-order valence-electron chi connectivity index (χ4n) is 2.82. The molecule has 0 aliphatic carbocycles. The first-order chi connectivity index (χ1) is 11.1. The van der Waals surface area contributed by atoms with Gasteiger partial charge in [-0.3, -0.25) is 4.79 Å². The quantitative estimate of drug-likeness (QED) is 0.839. The van der Waals surface area contributed by atoms with E-state index in [-0.39, 0.29) is 17.6 Å². The molecule has 23 heavy (non-hydrogen) atoms. The average molecular weight is 322 g/mol. The van der Waals surface area contributed by atoms with Gasteiger partial charge in [0.2, 0.25) is 5.91 Å². The van der Waals surface area contributed by atoms with E-state index < -0.39 is 0 Å². The molecule has 1 unspecified atom stereocenters. The summed E-state index contributed by atoms with van der Waals surface area (Å²) in [6.45, 7) is 7.96. The van der Waals surface area contributed by atoms with Gasteiger partial charge in [0.15, 0.2) is 0 Å². The molecular weight excluding hydrogens is 295 g/mol. The Labute approximate surface area is 138 Å². The summed E-state index contributed by atoms with van der Waals surface area (Å²) in [4.78, 5) is 14.2. The van der Waals surface area contributed by atoms with Crippen LogP contribution in [0.4, 0.5) is 4.39 Å². The number of carbonyl (C=O) groups is 1. The molecule has 1 heterocycles. The van der Waals surface area contributed by atoms with Gasteiger partial charge in [-0.05, 0) is 42.5 Å². The van der Waals surface area contributed by atoms with Crippen molar-refractivity contribution in [3.8, 4) is 5.75 Å². The van der Waals surface area contributed by atoms with Crippen molar-refractivity contribution in [1.29, 1.82) is 0 Å². The second-order valence-electron chi connectivity index (χ2n) is 6.10. The Kier molecular flexibility index (Phi) is 6.84. The van der Waals surface area contributed by atoms with Crippen LogP contribution < -0.4 is 10.1 Å². The van der Waals surface area contributed by atoms with Crippen LogP contribution in [-0.2, 0) is 4.79 Å². The molecule has 1 atom stereocenters. The number of carbonyl (C=O) groups excluding carboxylic acids is 1. The van der Waals surface area contributed by atoms with E-state index in [4.69, 9.17) is 4.74 Å². The highest BCUT2D eigenvalue weighted by atomic mass is 19.1. The van der Waals surface area contributed by atoms with Gasteiger partial charge in [-0.25, -0.2) is 4.39 Å². The molecule has 1 aliphatic rings. The minimum atomic E-state index is -0.260. The van der Waals surface area contributed by atoms with E-state index in [2.05, 4.69) is 5.32 Å². The molecule has 0 saturated carbocycles. The van der Waals surface area contributed by atoms with E-state index in [1.807, 2.05) is 18.7 Å². The molecule has 1 N–H and O–H groups in total. The zero-order chi connectivity index (χ0) is 16.7. The first-order valence-corrected chi connectivity index (χ1v) is 8.52. The maximum Gasteiger partial charge on any atom is 0.222 e. The molecule has 128 valence electrons. The van der Waals surface area contributed by atoms with E-state index in [1.165, 1.54) is 12.1 Å². The number of hydrogen-bond donors (Lipinski definition) is 1. The summed E-state index contributed by atoms with van der Waals surface area (Å²) in [6, 6.07) is 4.65. The highest BCUT2D eigenvalue weighted by Gasteiger charge is 2.19. The molecule has 0 spiro atoms. The van der Waals surface area contributed by atoms with Crippen LogP contribution in [0.3, 0.4) is 0 Å². The monoisotopic (exact) mass is 322 g/mol. The number of hydrogen-bond acceptors (Lipinski definition) is 3. The lowest BCUT2D eigenvalue weighted by atomic mass is 9.94. The highest BCUT2D eigenvalue weighted by molar-refractivity contribution is 5.76. The van der Waals surface area contributed by atoms with Crippen LogP contribution >= 0.6 is 0 Å². The predicted octanol–water partition coefficient (Wildman–Crippen LogP) is 2.93. The number of nitrogens with one attached hydrogen (secondary N) is 1. The fraction of sp³-hybridized carbons (Fsp3) is 0.611. The van der Waals surface area contributed by atoms with Crippen molar-refractivity contribution in [2.45, 2.75) is 39.0 Å². The van der Waals surface area contributed by atoms with Gasteiger partial charge in [0.25, 0.3) is 0 Å². The number of amides is 1. The van der Waals surface area contributed by atoms with Gasteiger partial charge < -0.3 is 15.0 Å². The topological polar surface area (TPSA) is 41.6 Å². The summed E-state index contributed by atoms with van der Waals surface area (Å²) in [5, 5.41) is 3.24. The first-order valence-electron chi connectivity index (χ1n) is 8.52. The number of benzene rings is 1. The summed E-state index contributed by atoms with van der Waals surface area (Å²) in [7, 11) is 0. The van der Waals surface area contributed by atoms with Gasteiger partial charge in [0.1, 0.15) is 11.6 Å². The fourth-order valence-corrected chi connectivity index (χ4v) is 2.82. The molecule has 0 radical (unpaired) electrons. The van der Waals surface area contributed by atoms with Crippen molar-refractivity contribution in [1.82, 2.24) is 10.2 Å². The van der Waals surface area contributed by atoms with Crippen LogP contribution in [0, 0.1) is 5.82 Å². The smallest absolute Gasteiger partial charge is 0.222 e. The van der Waals surface area contributed by atoms with Crippen LogP contribution in [0.15, 0.2) is 18.2 Å². The van der Waals surface area contributed by atoms with Gasteiger partial charge in [0, 0.05) is 32.6 Å². The van der Waals surface area contributed by atoms with Crippen molar-refractivity contribution in [3.63, 3.8) is 0 Å². The Balaban J connectivity index is 1.95. The van der Waals surface area contributed by atoms with E-state index in [0.717, 1.165) is 43.9 Å². The third-order valence-corrected chi connectivity index (χ3v) is 4.23. The molecule has 2 rings (SSSR count). The molecule has 1 amide bonds. The summed E-state index contributed by atoms with van der Waals surface area (Å²) in [5.74, 6) is 0.745. The van der Waals surface area contributed by atoms with E-state index >= 15 is 0 Å². The molecular formula is C18H27FN2O2. The lowest BCUT2D eigenvalue weighted by Crippen LogP contribution is -2.46. The van der Waals surface area contributed by atoms with Crippen molar-refractivity contribution in [3.05, 3.63) is 29.6 Å². The Bertz CT molecular complexity index is 516. The maximum atomic E-state index is 13.6. The number of piperazine rings is 1. The van der Waals surface area contributed by atoms with Gasteiger partial charge in [0.05, 0.1) is 6.61 Å². The molecule has 0 bridgehead atoms. The van der Waals surface area contributed by atoms with Crippen molar-refractivity contribution in [2.24, 2.45) is 0 Å².